The lowest BCUT2D eigenvalue weighted by Gasteiger charge is -2.13. The Morgan fingerprint density at radius 2 is 1.79 bits per heavy atom. The minimum atomic E-state index is -0.257. The molecule has 106 valence electrons. The van der Waals surface area contributed by atoms with Crippen molar-refractivity contribution in [2.45, 2.75) is 26.7 Å². The molecule has 0 unspecified atom stereocenters. The maximum absolute atomic E-state index is 11.2. The summed E-state index contributed by atoms with van der Waals surface area (Å²) in [7, 11) is 1.37. The molecule has 1 rings (SSSR count). The van der Waals surface area contributed by atoms with Crippen molar-refractivity contribution in [2.75, 3.05) is 20.3 Å². The monoisotopic (exact) mass is 286 g/mol. The van der Waals surface area contributed by atoms with E-state index in [9.17, 15) is 4.79 Å². The summed E-state index contributed by atoms with van der Waals surface area (Å²) >= 11 is 6.13. The van der Waals surface area contributed by atoms with Gasteiger partial charge in [0.15, 0.2) is 0 Å². The fourth-order valence-electron chi connectivity index (χ4n) is 1.67. The Balaban J connectivity index is 2.94. The van der Waals surface area contributed by atoms with Crippen LogP contribution >= 0.6 is 11.6 Å². The van der Waals surface area contributed by atoms with Crippen LogP contribution in [-0.4, -0.2) is 26.3 Å². The van der Waals surface area contributed by atoms with Crippen LogP contribution in [0.2, 0.25) is 5.02 Å². The van der Waals surface area contributed by atoms with E-state index in [2.05, 4.69) is 4.74 Å². The number of esters is 1. The summed E-state index contributed by atoms with van der Waals surface area (Å²) in [6.45, 7) is 4.87. The largest absolute Gasteiger partial charge is 0.493 e. The average molecular weight is 287 g/mol. The Morgan fingerprint density at radius 1 is 1.16 bits per heavy atom. The maximum atomic E-state index is 11.2. The third kappa shape index (κ3) is 4.63. The molecule has 5 heteroatoms. The molecule has 1 aromatic carbocycles. The van der Waals surface area contributed by atoms with Crippen LogP contribution in [0.15, 0.2) is 12.1 Å². The van der Waals surface area contributed by atoms with Gasteiger partial charge in [-0.3, -0.25) is 4.79 Å². The summed E-state index contributed by atoms with van der Waals surface area (Å²) in [4.78, 5) is 11.2. The molecule has 0 saturated heterocycles. The lowest BCUT2D eigenvalue weighted by molar-refractivity contribution is -0.140. The first-order chi connectivity index (χ1) is 9.12. The van der Waals surface area contributed by atoms with Gasteiger partial charge in [-0.15, -0.1) is 0 Å². The second-order valence-electron chi connectivity index (χ2n) is 3.83. The van der Waals surface area contributed by atoms with Crippen molar-refractivity contribution in [2.24, 2.45) is 0 Å². The van der Waals surface area contributed by atoms with Gasteiger partial charge in [0.2, 0.25) is 0 Å². The number of benzene rings is 1. The smallest absolute Gasteiger partial charge is 0.305 e. The van der Waals surface area contributed by atoms with E-state index in [0.717, 1.165) is 5.56 Å². The molecule has 19 heavy (non-hydrogen) atoms. The van der Waals surface area contributed by atoms with E-state index >= 15 is 0 Å². The van der Waals surface area contributed by atoms with Crippen molar-refractivity contribution >= 4 is 17.6 Å². The molecule has 0 N–H and O–H groups in total. The van der Waals surface area contributed by atoms with Crippen LogP contribution in [0.5, 0.6) is 11.5 Å². The number of carbonyl (C=O) groups is 1. The van der Waals surface area contributed by atoms with Gasteiger partial charge in [0.05, 0.1) is 25.3 Å². The highest BCUT2D eigenvalue weighted by Gasteiger charge is 2.12. The fourth-order valence-corrected chi connectivity index (χ4v) is 1.91. The first-order valence-electron chi connectivity index (χ1n) is 6.27. The zero-order valence-electron chi connectivity index (χ0n) is 11.5. The summed E-state index contributed by atoms with van der Waals surface area (Å²) in [5.74, 6) is 1.03. The highest BCUT2D eigenvalue weighted by Crippen LogP contribution is 2.33. The lowest BCUT2D eigenvalue weighted by Crippen LogP contribution is -2.04. The second kappa shape index (κ2) is 7.89. The topological polar surface area (TPSA) is 44.8 Å². The Morgan fingerprint density at radius 3 is 2.37 bits per heavy atom. The number of halogens is 1. The van der Waals surface area contributed by atoms with E-state index in [4.69, 9.17) is 21.1 Å². The minimum Gasteiger partial charge on any atom is -0.493 e. The normalized spacial score (nSPS) is 10.1. The number of hydrogen-bond acceptors (Lipinski definition) is 4. The fraction of sp³-hybridized carbons (Fsp3) is 0.500. The van der Waals surface area contributed by atoms with E-state index in [1.165, 1.54) is 7.11 Å². The molecule has 0 aromatic heterocycles. The van der Waals surface area contributed by atoms with Crippen molar-refractivity contribution in [3.8, 4) is 11.5 Å². The van der Waals surface area contributed by atoms with Gasteiger partial charge in [0.25, 0.3) is 0 Å². The van der Waals surface area contributed by atoms with Crippen molar-refractivity contribution in [1.29, 1.82) is 0 Å². The van der Waals surface area contributed by atoms with Crippen LogP contribution < -0.4 is 9.47 Å². The molecule has 0 radical (unpaired) electrons. The third-order valence-electron chi connectivity index (χ3n) is 2.54. The molecule has 0 heterocycles. The summed E-state index contributed by atoms with van der Waals surface area (Å²) in [5.41, 5.74) is 0.876. The first-order valence-corrected chi connectivity index (χ1v) is 6.65. The van der Waals surface area contributed by atoms with E-state index in [1.54, 1.807) is 12.1 Å². The molecule has 0 fully saturated rings. The van der Waals surface area contributed by atoms with E-state index in [1.807, 2.05) is 13.8 Å². The van der Waals surface area contributed by atoms with Crippen LogP contribution in [0.3, 0.4) is 0 Å². The Kier molecular flexibility index (Phi) is 6.50. The molecule has 4 nitrogen and oxygen atoms in total. The van der Waals surface area contributed by atoms with Crippen LogP contribution in [-0.2, 0) is 16.0 Å². The number of hydrogen-bond donors (Lipinski definition) is 0. The third-order valence-corrected chi connectivity index (χ3v) is 2.84. The Hall–Kier alpha value is -1.42. The maximum Gasteiger partial charge on any atom is 0.305 e. The molecule has 1 aromatic rings. The zero-order valence-corrected chi connectivity index (χ0v) is 12.3. The zero-order chi connectivity index (χ0) is 14.3. The second-order valence-corrected chi connectivity index (χ2v) is 4.24. The number of carbonyl (C=O) groups excluding carboxylic acids is 1. The van der Waals surface area contributed by atoms with Crippen LogP contribution in [0, 0.1) is 0 Å². The molecule has 0 amide bonds. The van der Waals surface area contributed by atoms with Crippen molar-refractivity contribution in [3.63, 3.8) is 0 Å². The van der Waals surface area contributed by atoms with Crippen molar-refractivity contribution in [1.82, 2.24) is 0 Å². The Bertz CT molecular complexity index is 432. The number of methoxy groups -OCH3 is 1. The Labute approximate surface area is 118 Å². The molecule has 0 aliphatic rings. The molecule has 0 aliphatic carbocycles. The summed E-state index contributed by atoms with van der Waals surface area (Å²) in [6.07, 6.45) is 0.815. The lowest BCUT2D eigenvalue weighted by atomic mass is 10.1. The molecule has 0 atom stereocenters. The molecule has 0 aliphatic heterocycles. The van der Waals surface area contributed by atoms with E-state index in [-0.39, 0.29) is 5.97 Å². The summed E-state index contributed by atoms with van der Waals surface area (Å²) < 4.78 is 15.6. The highest BCUT2D eigenvalue weighted by molar-refractivity contribution is 6.32. The number of rotatable bonds is 7. The SMILES string of the molecule is CCOc1cc(OCC)c(CCC(=O)OC)cc1Cl. The number of aryl methyl sites for hydroxylation is 1. The van der Waals surface area contributed by atoms with Gasteiger partial charge in [0, 0.05) is 12.5 Å². The summed E-state index contributed by atoms with van der Waals surface area (Å²) in [5, 5.41) is 0.519. The summed E-state index contributed by atoms with van der Waals surface area (Å²) in [6, 6.07) is 3.54. The van der Waals surface area contributed by atoms with E-state index in [0.29, 0.717) is 42.6 Å². The quantitative estimate of drug-likeness (QED) is 0.722. The molecular formula is C14H19ClO4. The predicted molar refractivity (Wildman–Crippen MR) is 74.1 cm³/mol. The first kappa shape index (κ1) is 15.6. The van der Waals surface area contributed by atoms with Crippen molar-refractivity contribution in [3.05, 3.63) is 22.7 Å². The van der Waals surface area contributed by atoms with Gasteiger partial charge < -0.3 is 14.2 Å². The molecule has 0 spiro atoms. The van der Waals surface area contributed by atoms with Gasteiger partial charge in [-0.1, -0.05) is 11.6 Å². The molecule has 0 saturated carbocycles. The average Bonchev–Trinajstić information content (AvgIpc) is 2.40. The van der Waals surface area contributed by atoms with Gasteiger partial charge in [-0.25, -0.2) is 0 Å². The predicted octanol–water partition coefficient (Wildman–Crippen LogP) is 3.24. The highest BCUT2D eigenvalue weighted by atomic mass is 35.5. The van der Waals surface area contributed by atoms with Crippen LogP contribution in [0.4, 0.5) is 0 Å². The minimum absolute atomic E-state index is 0.257. The van der Waals surface area contributed by atoms with Crippen LogP contribution in [0.1, 0.15) is 25.8 Å². The van der Waals surface area contributed by atoms with Gasteiger partial charge in [0.1, 0.15) is 11.5 Å². The van der Waals surface area contributed by atoms with E-state index < -0.39 is 0 Å². The van der Waals surface area contributed by atoms with Crippen molar-refractivity contribution < 1.29 is 19.0 Å². The van der Waals surface area contributed by atoms with Gasteiger partial charge >= 0.3 is 5.97 Å². The molecule has 0 bridgehead atoms. The molecular weight excluding hydrogens is 268 g/mol. The standard InChI is InChI=1S/C14H19ClO4/c1-4-18-12-9-13(19-5-2)11(15)8-10(12)6-7-14(16)17-3/h8-9H,4-7H2,1-3H3. The van der Waals surface area contributed by atoms with Crippen LogP contribution in [0.25, 0.3) is 0 Å². The number of ether oxygens (including phenoxy) is 3. The van der Waals surface area contributed by atoms with Gasteiger partial charge in [-0.05, 0) is 31.9 Å². The van der Waals surface area contributed by atoms with Gasteiger partial charge in [-0.2, -0.15) is 0 Å².